The van der Waals surface area contributed by atoms with Crippen LogP contribution in [0.25, 0.3) is 10.9 Å². The van der Waals surface area contributed by atoms with Crippen molar-refractivity contribution in [3.63, 3.8) is 0 Å². The molecule has 0 spiro atoms. The van der Waals surface area contributed by atoms with E-state index in [0.717, 1.165) is 21.3 Å². The Kier molecular flexibility index (Phi) is 2.55. The standard InChI is InChI=1S/C12H9N3OS/c16-12(11-7-14-15-17-11)9-5-8-3-1-2-4-10(8)13-6-9/h1-7,12,16H. The number of aromatic nitrogens is 3. The Labute approximate surface area is 102 Å². The summed E-state index contributed by atoms with van der Waals surface area (Å²) in [5.41, 5.74) is 1.68. The van der Waals surface area contributed by atoms with E-state index >= 15 is 0 Å². The van der Waals surface area contributed by atoms with Crippen LogP contribution >= 0.6 is 11.5 Å². The van der Waals surface area contributed by atoms with Gasteiger partial charge in [-0.25, -0.2) is 0 Å². The van der Waals surface area contributed by atoms with Crippen molar-refractivity contribution in [2.75, 3.05) is 0 Å². The fraction of sp³-hybridized carbons (Fsp3) is 0.0833. The molecule has 84 valence electrons. The summed E-state index contributed by atoms with van der Waals surface area (Å²) in [5.74, 6) is 0. The van der Waals surface area contributed by atoms with Crippen LogP contribution in [-0.4, -0.2) is 19.7 Å². The number of pyridine rings is 1. The van der Waals surface area contributed by atoms with Gasteiger partial charge in [0, 0.05) is 17.1 Å². The Hall–Kier alpha value is -1.85. The van der Waals surface area contributed by atoms with E-state index in [0.29, 0.717) is 0 Å². The zero-order valence-corrected chi connectivity index (χ0v) is 9.63. The summed E-state index contributed by atoms with van der Waals surface area (Å²) >= 11 is 1.19. The highest BCUT2D eigenvalue weighted by molar-refractivity contribution is 7.05. The van der Waals surface area contributed by atoms with E-state index in [1.165, 1.54) is 11.5 Å². The molecule has 2 heterocycles. The van der Waals surface area contributed by atoms with E-state index in [9.17, 15) is 5.11 Å². The second kappa shape index (κ2) is 4.20. The second-order valence-corrected chi connectivity index (χ2v) is 4.50. The summed E-state index contributed by atoms with van der Waals surface area (Å²) in [4.78, 5) is 5.04. The molecule has 1 N–H and O–H groups in total. The molecule has 0 amide bonds. The van der Waals surface area contributed by atoms with Gasteiger partial charge >= 0.3 is 0 Å². The van der Waals surface area contributed by atoms with Gasteiger partial charge in [0.1, 0.15) is 6.10 Å². The van der Waals surface area contributed by atoms with Crippen LogP contribution in [-0.2, 0) is 0 Å². The number of nitrogens with zero attached hydrogens (tertiary/aromatic N) is 3. The Bertz CT molecular complexity index is 639. The van der Waals surface area contributed by atoms with Crippen LogP contribution in [0.15, 0.2) is 42.7 Å². The molecule has 4 nitrogen and oxygen atoms in total. The number of aliphatic hydroxyl groups excluding tert-OH is 1. The number of benzene rings is 1. The molecule has 0 saturated carbocycles. The summed E-state index contributed by atoms with van der Waals surface area (Å²) < 4.78 is 3.74. The van der Waals surface area contributed by atoms with Crippen molar-refractivity contribution in [1.29, 1.82) is 0 Å². The molecule has 0 bridgehead atoms. The summed E-state index contributed by atoms with van der Waals surface area (Å²) in [6, 6.07) is 9.75. The molecule has 2 aromatic heterocycles. The van der Waals surface area contributed by atoms with E-state index in [4.69, 9.17) is 0 Å². The summed E-state index contributed by atoms with van der Waals surface area (Å²) in [6.45, 7) is 0. The van der Waals surface area contributed by atoms with E-state index < -0.39 is 6.10 Å². The van der Waals surface area contributed by atoms with Crippen molar-refractivity contribution in [2.24, 2.45) is 0 Å². The zero-order valence-electron chi connectivity index (χ0n) is 8.82. The lowest BCUT2D eigenvalue weighted by Gasteiger charge is -2.08. The summed E-state index contributed by atoms with van der Waals surface area (Å²) in [5, 5.41) is 14.9. The number of rotatable bonds is 2. The fourth-order valence-corrected chi connectivity index (χ4v) is 2.22. The zero-order chi connectivity index (χ0) is 11.7. The van der Waals surface area contributed by atoms with Gasteiger partial charge in [0.15, 0.2) is 0 Å². The summed E-state index contributed by atoms with van der Waals surface area (Å²) in [6.07, 6.45) is 2.56. The smallest absolute Gasteiger partial charge is 0.118 e. The van der Waals surface area contributed by atoms with Crippen molar-refractivity contribution in [3.05, 3.63) is 53.2 Å². The highest BCUT2D eigenvalue weighted by Crippen LogP contribution is 2.25. The normalized spacial score (nSPS) is 12.8. The van der Waals surface area contributed by atoms with Gasteiger partial charge < -0.3 is 5.11 Å². The van der Waals surface area contributed by atoms with Gasteiger partial charge in [-0.1, -0.05) is 22.7 Å². The largest absolute Gasteiger partial charge is 0.383 e. The summed E-state index contributed by atoms with van der Waals surface area (Å²) in [7, 11) is 0. The van der Waals surface area contributed by atoms with Gasteiger partial charge in [-0.3, -0.25) is 4.98 Å². The molecule has 0 aliphatic carbocycles. The van der Waals surface area contributed by atoms with Crippen LogP contribution in [0.1, 0.15) is 16.5 Å². The highest BCUT2D eigenvalue weighted by atomic mass is 32.1. The Balaban J connectivity index is 2.06. The van der Waals surface area contributed by atoms with Crippen molar-refractivity contribution < 1.29 is 5.11 Å². The second-order valence-electron chi connectivity index (χ2n) is 3.68. The minimum atomic E-state index is -0.702. The third kappa shape index (κ3) is 1.90. The van der Waals surface area contributed by atoms with Gasteiger partial charge in [0.2, 0.25) is 0 Å². The van der Waals surface area contributed by atoms with Crippen molar-refractivity contribution in [1.82, 2.24) is 14.6 Å². The van der Waals surface area contributed by atoms with Gasteiger partial charge in [-0.05, 0) is 23.7 Å². The maximum Gasteiger partial charge on any atom is 0.118 e. The lowest BCUT2D eigenvalue weighted by atomic mass is 10.1. The topological polar surface area (TPSA) is 58.9 Å². The molecule has 3 aromatic rings. The van der Waals surface area contributed by atoms with Crippen molar-refractivity contribution in [3.8, 4) is 0 Å². The van der Waals surface area contributed by atoms with Crippen LogP contribution in [0.2, 0.25) is 0 Å². The van der Waals surface area contributed by atoms with E-state index in [2.05, 4.69) is 14.6 Å². The van der Waals surface area contributed by atoms with Gasteiger partial charge in [-0.15, -0.1) is 5.10 Å². The molecule has 1 aromatic carbocycles. The third-order valence-corrected chi connectivity index (χ3v) is 3.29. The van der Waals surface area contributed by atoms with E-state index in [-0.39, 0.29) is 0 Å². The van der Waals surface area contributed by atoms with Gasteiger partial charge in [0.25, 0.3) is 0 Å². The van der Waals surface area contributed by atoms with Crippen LogP contribution in [0.5, 0.6) is 0 Å². The Morgan fingerprint density at radius 3 is 2.88 bits per heavy atom. The van der Waals surface area contributed by atoms with E-state index in [1.807, 2.05) is 30.3 Å². The molecule has 1 atom stereocenters. The lowest BCUT2D eigenvalue weighted by molar-refractivity contribution is 0.223. The predicted octanol–water partition coefficient (Wildman–Crippen LogP) is 2.17. The minimum absolute atomic E-state index is 0.702. The Morgan fingerprint density at radius 2 is 2.06 bits per heavy atom. The molecule has 0 radical (unpaired) electrons. The molecule has 1 unspecified atom stereocenters. The minimum Gasteiger partial charge on any atom is -0.383 e. The molecule has 5 heteroatoms. The first-order chi connectivity index (χ1) is 8.34. The molecular weight excluding hydrogens is 234 g/mol. The maximum absolute atomic E-state index is 10.1. The van der Waals surface area contributed by atoms with Gasteiger partial charge in [0.05, 0.1) is 16.6 Å². The quantitative estimate of drug-likeness (QED) is 0.749. The predicted molar refractivity (Wildman–Crippen MR) is 65.7 cm³/mol. The van der Waals surface area contributed by atoms with Crippen LogP contribution in [0.4, 0.5) is 0 Å². The first-order valence-electron chi connectivity index (χ1n) is 5.14. The third-order valence-electron chi connectivity index (χ3n) is 2.58. The monoisotopic (exact) mass is 243 g/mol. The molecule has 17 heavy (non-hydrogen) atoms. The van der Waals surface area contributed by atoms with Crippen LogP contribution < -0.4 is 0 Å². The van der Waals surface area contributed by atoms with Crippen molar-refractivity contribution in [2.45, 2.75) is 6.10 Å². The first kappa shape index (κ1) is 10.3. The number of para-hydroxylation sites is 1. The molecule has 0 fully saturated rings. The lowest BCUT2D eigenvalue weighted by Crippen LogP contribution is -1.98. The average Bonchev–Trinajstić information content (AvgIpc) is 2.91. The SMILES string of the molecule is OC(c1cnc2ccccc2c1)c1cnns1. The number of hydrogen-bond donors (Lipinski definition) is 1. The van der Waals surface area contributed by atoms with Gasteiger partial charge in [-0.2, -0.15) is 0 Å². The fourth-order valence-electron chi connectivity index (χ4n) is 1.70. The van der Waals surface area contributed by atoms with Crippen molar-refractivity contribution >= 4 is 22.4 Å². The number of aliphatic hydroxyl groups is 1. The number of hydrogen-bond acceptors (Lipinski definition) is 5. The molecule has 0 saturated heterocycles. The van der Waals surface area contributed by atoms with E-state index in [1.54, 1.807) is 12.4 Å². The number of fused-ring (bicyclic) bond motifs is 1. The molecule has 0 aliphatic rings. The maximum atomic E-state index is 10.1. The Morgan fingerprint density at radius 1 is 1.18 bits per heavy atom. The first-order valence-corrected chi connectivity index (χ1v) is 5.92. The molecular formula is C12H9N3OS. The molecule has 0 aliphatic heterocycles. The highest BCUT2D eigenvalue weighted by Gasteiger charge is 2.13. The average molecular weight is 243 g/mol. The van der Waals surface area contributed by atoms with Crippen LogP contribution in [0.3, 0.4) is 0 Å². The van der Waals surface area contributed by atoms with Crippen LogP contribution in [0, 0.1) is 0 Å². The molecule has 3 rings (SSSR count).